The normalized spacial score (nSPS) is 23.2. The number of nitrogens with zero attached hydrogens (tertiary/aromatic N) is 6. The van der Waals surface area contributed by atoms with Crippen LogP contribution in [0.3, 0.4) is 0 Å². The fourth-order valence-corrected chi connectivity index (χ4v) is 3.80. The number of aryl methyl sites for hydroxylation is 2. The van der Waals surface area contributed by atoms with Gasteiger partial charge in [0.1, 0.15) is 11.6 Å². The Hall–Kier alpha value is -1.73. The molecule has 2 aromatic rings. The molecule has 2 saturated carbocycles. The molecule has 136 valence electrons. The quantitative estimate of drug-likeness (QED) is 0.788. The predicted molar refractivity (Wildman–Crippen MR) is 96.1 cm³/mol. The monoisotopic (exact) mass is 343 g/mol. The highest BCUT2D eigenvalue weighted by atomic mass is 15.3. The second kappa shape index (κ2) is 6.88. The smallest absolute Gasteiger partial charge is 0.147 e. The Kier molecular flexibility index (Phi) is 4.60. The van der Waals surface area contributed by atoms with E-state index in [4.69, 9.17) is 5.73 Å². The van der Waals surface area contributed by atoms with Crippen LogP contribution < -0.4 is 5.73 Å². The number of rotatable bonds is 8. The maximum Gasteiger partial charge on any atom is 0.147 e. The van der Waals surface area contributed by atoms with Crippen molar-refractivity contribution in [2.45, 2.75) is 63.1 Å². The fourth-order valence-electron chi connectivity index (χ4n) is 3.80. The van der Waals surface area contributed by atoms with E-state index in [-0.39, 0.29) is 0 Å². The summed E-state index contributed by atoms with van der Waals surface area (Å²) in [6.07, 6.45) is 10.9. The lowest BCUT2D eigenvalue weighted by Gasteiger charge is -2.32. The summed E-state index contributed by atoms with van der Waals surface area (Å²) in [5.74, 6) is 2.83. The number of hydrogen-bond acceptors (Lipinski definition) is 5. The molecule has 0 aliphatic heterocycles. The van der Waals surface area contributed by atoms with Crippen LogP contribution in [-0.2, 0) is 20.0 Å². The highest BCUT2D eigenvalue weighted by molar-refractivity contribution is 5.12. The molecule has 0 saturated heterocycles. The molecule has 0 aromatic carbocycles. The van der Waals surface area contributed by atoms with Gasteiger partial charge in [-0.2, -0.15) is 5.10 Å². The van der Waals surface area contributed by atoms with Crippen LogP contribution in [0.25, 0.3) is 0 Å². The van der Waals surface area contributed by atoms with Crippen molar-refractivity contribution in [3.63, 3.8) is 0 Å². The Morgan fingerprint density at radius 3 is 2.72 bits per heavy atom. The van der Waals surface area contributed by atoms with E-state index in [9.17, 15) is 0 Å². The van der Waals surface area contributed by atoms with Gasteiger partial charge in [0, 0.05) is 31.2 Å². The molecule has 7 heteroatoms. The molecule has 7 nitrogen and oxygen atoms in total. The largest absolute Gasteiger partial charge is 0.328 e. The molecule has 0 bridgehead atoms. The molecule has 0 atom stereocenters. The van der Waals surface area contributed by atoms with Gasteiger partial charge in [-0.25, -0.2) is 0 Å². The van der Waals surface area contributed by atoms with Crippen LogP contribution >= 0.6 is 0 Å². The molecule has 25 heavy (non-hydrogen) atoms. The topological polar surface area (TPSA) is 77.8 Å². The van der Waals surface area contributed by atoms with Crippen molar-refractivity contribution in [1.29, 1.82) is 0 Å². The van der Waals surface area contributed by atoms with Gasteiger partial charge in [-0.3, -0.25) is 9.58 Å². The third-order valence-electron chi connectivity index (χ3n) is 5.42. The summed E-state index contributed by atoms with van der Waals surface area (Å²) < 4.78 is 4.29. The average molecular weight is 343 g/mol. The number of aromatic nitrogens is 5. The Balaban J connectivity index is 1.33. The minimum absolute atomic E-state index is 0.355. The van der Waals surface area contributed by atoms with Crippen LogP contribution in [0.4, 0.5) is 0 Å². The van der Waals surface area contributed by atoms with Gasteiger partial charge in [0.05, 0.1) is 12.7 Å². The molecule has 0 unspecified atom stereocenters. The summed E-state index contributed by atoms with van der Waals surface area (Å²) in [4.78, 5) is 2.36. The Morgan fingerprint density at radius 1 is 1.28 bits per heavy atom. The van der Waals surface area contributed by atoms with Crippen molar-refractivity contribution in [3.8, 4) is 0 Å². The molecule has 2 heterocycles. The van der Waals surface area contributed by atoms with E-state index in [2.05, 4.69) is 38.0 Å². The summed E-state index contributed by atoms with van der Waals surface area (Å²) in [6, 6.07) is 0.980. The van der Waals surface area contributed by atoms with Gasteiger partial charge >= 0.3 is 0 Å². The second-order valence-corrected chi connectivity index (χ2v) is 7.87. The highest BCUT2D eigenvalue weighted by Gasteiger charge is 2.36. The number of nitrogens with two attached hydrogens (primary N) is 1. The van der Waals surface area contributed by atoms with Crippen LogP contribution in [0.1, 0.15) is 61.3 Å². The van der Waals surface area contributed by atoms with Crippen molar-refractivity contribution >= 4 is 0 Å². The van der Waals surface area contributed by atoms with E-state index in [0.717, 1.165) is 44.6 Å². The Labute approximate surface area is 149 Å². The molecule has 4 rings (SSSR count). The summed E-state index contributed by atoms with van der Waals surface area (Å²) in [7, 11) is 4.14. The SMILES string of the molecule is CN(CCCc1cnn(C)c1)Cc1nnc(C2CC(N)C2)n1C1CC1. The summed E-state index contributed by atoms with van der Waals surface area (Å²) in [6.45, 7) is 1.92. The van der Waals surface area contributed by atoms with Gasteiger partial charge in [0.25, 0.3) is 0 Å². The van der Waals surface area contributed by atoms with Crippen LogP contribution in [-0.4, -0.2) is 49.1 Å². The zero-order valence-electron chi connectivity index (χ0n) is 15.3. The molecular weight excluding hydrogens is 314 g/mol. The molecule has 0 amide bonds. The molecular formula is C18H29N7. The van der Waals surface area contributed by atoms with Crippen molar-refractivity contribution in [2.24, 2.45) is 12.8 Å². The molecule has 2 fully saturated rings. The zero-order valence-corrected chi connectivity index (χ0v) is 15.3. The lowest BCUT2D eigenvalue weighted by Crippen LogP contribution is -2.36. The third kappa shape index (κ3) is 3.77. The van der Waals surface area contributed by atoms with Crippen LogP contribution in [0, 0.1) is 0 Å². The lowest BCUT2D eigenvalue weighted by atomic mass is 9.80. The maximum atomic E-state index is 5.97. The number of hydrogen-bond donors (Lipinski definition) is 1. The van der Waals surface area contributed by atoms with Crippen molar-refractivity contribution < 1.29 is 0 Å². The average Bonchev–Trinajstić information content (AvgIpc) is 3.18. The Bertz CT molecular complexity index is 709. The first-order valence-electron chi connectivity index (χ1n) is 9.45. The molecule has 0 spiro atoms. The van der Waals surface area contributed by atoms with Gasteiger partial charge in [-0.1, -0.05) is 0 Å². The first-order valence-corrected chi connectivity index (χ1v) is 9.45. The molecule has 0 radical (unpaired) electrons. The molecule has 2 aliphatic carbocycles. The van der Waals surface area contributed by atoms with E-state index in [1.807, 2.05) is 17.9 Å². The minimum atomic E-state index is 0.355. The van der Waals surface area contributed by atoms with Gasteiger partial charge < -0.3 is 10.3 Å². The van der Waals surface area contributed by atoms with E-state index < -0.39 is 0 Å². The summed E-state index contributed by atoms with van der Waals surface area (Å²) in [5.41, 5.74) is 7.27. The molecule has 2 N–H and O–H groups in total. The van der Waals surface area contributed by atoms with Crippen LogP contribution in [0.15, 0.2) is 12.4 Å². The third-order valence-corrected chi connectivity index (χ3v) is 5.42. The Morgan fingerprint density at radius 2 is 2.08 bits per heavy atom. The van der Waals surface area contributed by atoms with Gasteiger partial charge in [0.2, 0.25) is 0 Å². The first-order chi connectivity index (χ1) is 12.1. The zero-order chi connectivity index (χ0) is 17.4. The predicted octanol–water partition coefficient (Wildman–Crippen LogP) is 1.62. The van der Waals surface area contributed by atoms with E-state index in [1.165, 1.54) is 24.2 Å². The molecule has 2 aromatic heterocycles. The van der Waals surface area contributed by atoms with E-state index in [0.29, 0.717) is 18.0 Å². The summed E-state index contributed by atoms with van der Waals surface area (Å²) in [5, 5.41) is 13.3. The first kappa shape index (κ1) is 16.7. The van der Waals surface area contributed by atoms with Gasteiger partial charge in [0.15, 0.2) is 0 Å². The summed E-state index contributed by atoms with van der Waals surface area (Å²) >= 11 is 0. The maximum absolute atomic E-state index is 5.97. The molecule has 2 aliphatic rings. The lowest BCUT2D eigenvalue weighted by molar-refractivity contribution is 0.302. The van der Waals surface area contributed by atoms with E-state index in [1.54, 1.807) is 0 Å². The fraction of sp³-hybridized carbons (Fsp3) is 0.722. The van der Waals surface area contributed by atoms with Crippen molar-refractivity contribution in [3.05, 3.63) is 29.6 Å². The minimum Gasteiger partial charge on any atom is -0.328 e. The van der Waals surface area contributed by atoms with Gasteiger partial charge in [-0.05, 0) is 57.7 Å². The van der Waals surface area contributed by atoms with Crippen molar-refractivity contribution in [2.75, 3.05) is 13.6 Å². The van der Waals surface area contributed by atoms with Crippen LogP contribution in [0.2, 0.25) is 0 Å². The second-order valence-electron chi connectivity index (χ2n) is 7.87. The van der Waals surface area contributed by atoms with Crippen LogP contribution in [0.5, 0.6) is 0 Å². The standard InChI is InChI=1S/C18H29N7/c1-23(7-3-4-13-10-20-24(2)11-13)12-17-21-22-18(14-8-15(19)9-14)25(17)16-5-6-16/h10-11,14-16H,3-9,12,19H2,1-2H3. The highest BCUT2D eigenvalue weighted by Crippen LogP contribution is 2.42. The van der Waals surface area contributed by atoms with Crippen molar-refractivity contribution in [1.82, 2.24) is 29.4 Å². The van der Waals surface area contributed by atoms with Gasteiger partial charge in [-0.15, -0.1) is 10.2 Å². The van der Waals surface area contributed by atoms with E-state index >= 15 is 0 Å².